The lowest BCUT2D eigenvalue weighted by Gasteiger charge is -2.36. The standard InChI is InChI=1S/C36H52Cl2N4O5/c1-24-20-42(25(2)23-43)35(44)30-19-29(40-36(45)39-28-11-6-5-7-12-28)14-16-33(30)47-26(3)10-8-9-17-46-34(24)22-41(4)21-27-13-15-31(37)32(38)18-27/h13-16,18-19,24-26,28,34,43H,5-12,17,20-23H2,1-4H3,(H2,39,40,45)/t24-,25-,26+,34-/m0/s1. The first-order valence-corrected chi connectivity index (χ1v) is 17.8. The van der Waals surface area contributed by atoms with E-state index in [0.29, 0.717) is 53.3 Å². The second kappa shape index (κ2) is 18.3. The third-order valence-electron chi connectivity index (χ3n) is 9.18. The SMILES string of the molecule is C[C@@H]1CCCCO[C@@H](CN(C)Cc2ccc(Cl)c(Cl)c2)[C@@H](C)CN([C@@H](C)CO)C(=O)c2cc(NC(=O)NC3CCCCC3)ccc2O1. The van der Waals surface area contributed by atoms with Gasteiger partial charge >= 0.3 is 6.03 Å². The van der Waals surface area contributed by atoms with E-state index in [0.717, 1.165) is 50.5 Å². The zero-order valence-corrected chi connectivity index (χ0v) is 29.8. The van der Waals surface area contributed by atoms with Gasteiger partial charge in [0.1, 0.15) is 5.75 Å². The van der Waals surface area contributed by atoms with Crippen LogP contribution in [-0.2, 0) is 11.3 Å². The molecule has 4 atom stereocenters. The van der Waals surface area contributed by atoms with Crippen molar-refractivity contribution >= 4 is 40.8 Å². The molecule has 0 saturated heterocycles. The summed E-state index contributed by atoms with van der Waals surface area (Å²) in [6, 6.07) is 10.3. The summed E-state index contributed by atoms with van der Waals surface area (Å²) in [6.07, 6.45) is 7.69. The van der Waals surface area contributed by atoms with Gasteiger partial charge in [0.25, 0.3) is 5.91 Å². The number of ether oxygens (including phenoxy) is 2. The third-order valence-corrected chi connectivity index (χ3v) is 9.92. The fraction of sp³-hybridized carbons (Fsp3) is 0.611. The van der Waals surface area contributed by atoms with Gasteiger partial charge in [0.15, 0.2) is 0 Å². The molecule has 1 fully saturated rings. The fourth-order valence-corrected chi connectivity index (χ4v) is 6.70. The number of benzene rings is 2. The highest BCUT2D eigenvalue weighted by atomic mass is 35.5. The molecule has 1 aliphatic heterocycles. The first kappa shape index (κ1) is 37.3. The van der Waals surface area contributed by atoms with Crippen molar-refractivity contribution < 1.29 is 24.2 Å². The van der Waals surface area contributed by atoms with Gasteiger partial charge in [0, 0.05) is 43.9 Å². The Balaban J connectivity index is 1.56. The van der Waals surface area contributed by atoms with Gasteiger partial charge in [-0.05, 0) is 88.9 Å². The van der Waals surface area contributed by atoms with Crippen LogP contribution in [0.25, 0.3) is 0 Å². The monoisotopic (exact) mass is 690 g/mol. The van der Waals surface area contributed by atoms with E-state index in [1.807, 2.05) is 33.0 Å². The quantitative estimate of drug-likeness (QED) is 0.267. The Morgan fingerprint density at radius 2 is 1.79 bits per heavy atom. The van der Waals surface area contributed by atoms with E-state index in [9.17, 15) is 14.7 Å². The van der Waals surface area contributed by atoms with Crippen LogP contribution in [0.4, 0.5) is 10.5 Å². The number of rotatable bonds is 8. The predicted octanol–water partition coefficient (Wildman–Crippen LogP) is 7.38. The molecule has 3 amide bonds. The summed E-state index contributed by atoms with van der Waals surface area (Å²) in [4.78, 5) is 31.1. The molecule has 11 heteroatoms. The molecule has 1 aliphatic carbocycles. The number of carbonyl (C=O) groups excluding carboxylic acids is 2. The predicted molar refractivity (Wildman–Crippen MR) is 189 cm³/mol. The Morgan fingerprint density at radius 3 is 2.51 bits per heavy atom. The van der Waals surface area contributed by atoms with E-state index >= 15 is 0 Å². The molecule has 4 rings (SSSR count). The van der Waals surface area contributed by atoms with Crippen molar-refractivity contribution in [2.24, 2.45) is 5.92 Å². The number of hydrogen-bond acceptors (Lipinski definition) is 6. The van der Waals surface area contributed by atoms with E-state index in [1.54, 1.807) is 29.2 Å². The number of hydrogen-bond donors (Lipinski definition) is 3. The van der Waals surface area contributed by atoms with Gasteiger partial charge in [0.2, 0.25) is 0 Å². The molecule has 0 radical (unpaired) electrons. The summed E-state index contributed by atoms with van der Waals surface area (Å²) in [7, 11) is 2.04. The van der Waals surface area contributed by atoms with Crippen molar-refractivity contribution in [3.05, 3.63) is 57.6 Å². The average molecular weight is 692 g/mol. The molecule has 47 heavy (non-hydrogen) atoms. The van der Waals surface area contributed by atoms with Crippen LogP contribution in [0.15, 0.2) is 36.4 Å². The van der Waals surface area contributed by atoms with Crippen molar-refractivity contribution in [1.82, 2.24) is 15.1 Å². The minimum Gasteiger partial charge on any atom is -0.490 e. The molecule has 1 heterocycles. The molecule has 9 nitrogen and oxygen atoms in total. The van der Waals surface area contributed by atoms with E-state index in [1.165, 1.54) is 6.42 Å². The lowest BCUT2D eigenvalue weighted by Crippen LogP contribution is -2.47. The van der Waals surface area contributed by atoms with Crippen LogP contribution < -0.4 is 15.4 Å². The van der Waals surface area contributed by atoms with E-state index < -0.39 is 6.04 Å². The van der Waals surface area contributed by atoms with Gasteiger partial charge in [-0.3, -0.25) is 9.69 Å². The Hall–Kier alpha value is -2.56. The molecule has 1 saturated carbocycles. The number of nitrogens with one attached hydrogen (secondary N) is 2. The van der Waals surface area contributed by atoms with E-state index in [2.05, 4.69) is 22.5 Å². The van der Waals surface area contributed by atoms with Gasteiger partial charge in [-0.1, -0.05) is 55.5 Å². The average Bonchev–Trinajstić information content (AvgIpc) is 3.04. The number of aliphatic hydroxyl groups is 1. The zero-order chi connectivity index (χ0) is 33.9. The Kier molecular flexibility index (Phi) is 14.5. The Bertz CT molecular complexity index is 1320. The van der Waals surface area contributed by atoms with Crippen molar-refractivity contribution in [3.63, 3.8) is 0 Å². The maximum absolute atomic E-state index is 14.4. The number of carbonyl (C=O) groups is 2. The van der Waals surface area contributed by atoms with Gasteiger partial charge < -0.3 is 30.1 Å². The molecule has 2 aromatic carbocycles. The molecule has 0 spiro atoms. The highest BCUT2D eigenvalue weighted by molar-refractivity contribution is 6.42. The number of halogens is 2. The highest BCUT2D eigenvalue weighted by Gasteiger charge is 2.30. The first-order chi connectivity index (χ1) is 22.5. The van der Waals surface area contributed by atoms with Crippen LogP contribution in [-0.4, -0.2) is 84.5 Å². The van der Waals surface area contributed by atoms with Crippen LogP contribution >= 0.6 is 23.2 Å². The summed E-state index contributed by atoms with van der Waals surface area (Å²) in [5.41, 5.74) is 1.91. The molecular weight excluding hydrogens is 639 g/mol. The number of fused-ring (bicyclic) bond motifs is 1. The van der Waals surface area contributed by atoms with Crippen molar-refractivity contribution in [2.45, 2.75) is 103 Å². The second-order valence-corrected chi connectivity index (χ2v) is 14.2. The van der Waals surface area contributed by atoms with E-state index in [-0.39, 0.29) is 42.7 Å². The van der Waals surface area contributed by atoms with Crippen molar-refractivity contribution in [2.75, 3.05) is 38.7 Å². The lowest BCUT2D eigenvalue weighted by atomic mass is 9.96. The number of urea groups is 1. The molecule has 0 aromatic heterocycles. The molecule has 3 N–H and O–H groups in total. The number of likely N-dealkylation sites (N-methyl/N-ethyl adjacent to an activating group) is 1. The summed E-state index contributed by atoms with van der Waals surface area (Å²) in [6.45, 7) is 7.98. The summed E-state index contributed by atoms with van der Waals surface area (Å²) < 4.78 is 12.8. The largest absolute Gasteiger partial charge is 0.490 e. The molecular formula is C36H52Cl2N4O5. The Morgan fingerprint density at radius 1 is 1.04 bits per heavy atom. The molecule has 2 aromatic rings. The van der Waals surface area contributed by atoms with E-state index in [4.69, 9.17) is 32.7 Å². The van der Waals surface area contributed by atoms with Gasteiger partial charge in [-0.25, -0.2) is 4.79 Å². The minimum absolute atomic E-state index is 0.0574. The topological polar surface area (TPSA) is 103 Å². The van der Waals surface area contributed by atoms with Crippen molar-refractivity contribution in [3.8, 4) is 5.75 Å². The zero-order valence-electron chi connectivity index (χ0n) is 28.3. The van der Waals surface area contributed by atoms with Crippen LogP contribution in [0.1, 0.15) is 88.1 Å². The third kappa shape index (κ3) is 11.2. The summed E-state index contributed by atoms with van der Waals surface area (Å²) in [5.74, 6) is 0.143. The maximum Gasteiger partial charge on any atom is 0.319 e. The summed E-state index contributed by atoms with van der Waals surface area (Å²) >= 11 is 12.4. The van der Waals surface area contributed by atoms with Crippen LogP contribution in [0.5, 0.6) is 5.75 Å². The van der Waals surface area contributed by atoms with Gasteiger partial charge in [-0.2, -0.15) is 0 Å². The number of anilines is 1. The highest BCUT2D eigenvalue weighted by Crippen LogP contribution is 2.29. The second-order valence-electron chi connectivity index (χ2n) is 13.4. The smallest absolute Gasteiger partial charge is 0.319 e. The maximum atomic E-state index is 14.4. The normalized spacial score (nSPS) is 22.6. The number of amides is 3. The molecule has 260 valence electrons. The van der Waals surface area contributed by atoms with Crippen molar-refractivity contribution in [1.29, 1.82) is 0 Å². The first-order valence-electron chi connectivity index (χ1n) is 17.1. The molecule has 0 unspecified atom stereocenters. The Labute approximate surface area is 290 Å². The molecule has 2 aliphatic rings. The van der Waals surface area contributed by atoms with Crippen LogP contribution in [0, 0.1) is 5.92 Å². The number of nitrogens with zero attached hydrogens (tertiary/aromatic N) is 2. The molecule has 0 bridgehead atoms. The fourth-order valence-electron chi connectivity index (χ4n) is 6.38. The van der Waals surface area contributed by atoms with Crippen LogP contribution in [0.2, 0.25) is 10.0 Å². The number of aliphatic hydroxyl groups excluding tert-OH is 1. The minimum atomic E-state index is -0.455. The van der Waals surface area contributed by atoms with Crippen LogP contribution in [0.3, 0.4) is 0 Å². The van der Waals surface area contributed by atoms with Gasteiger partial charge in [0.05, 0.1) is 40.5 Å². The summed E-state index contributed by atoms with van der Waals surface area (Å²) in [5, 5.41) is 17.3. The lowest BCUT2D eigenvalue weighted by molar-refractivity contribution is -0.0177. The van der Waals surface area contributed by atoms with Gasteiger partial charge in [-0.15, -0.1) is 0 Å².